The number of hydrogen-bond donors (Lipinski definition) is 0. The molecule has 93 valence electrons. The molecule has 2 heterocycles. The summed E-state index contributed by atoms with van der Waals surface area (Å²) in [5.41, 5.74) is 13.1. The maximum Gasteiger partial charge on any atom is 3.00 e. The topological polar surface area (TPSA) is 91.6 Å². The summed E-state index contributed by atoms with van der Waals surface area (Å²) in [5, 5.41) is 0. The van der Waals surface area contributed by atoms with Crippen LogP contribution in [0.4, 0.5) is 9.59 Å². The van der Waals surface area contributed by atoms with Crippen LogP contribution >= 0.6 is 0 Å². The molecule has 2 rings (SSSR count). The van der Waals surface area contributed by atoms with E-state index in [0.717, 1.165) is 0 Å². The van der Waals surface area contributed by atoms with Crippen LogP contribution in [0.25, 0.3) is 11.5 Å². The summed E-state index contributed by atoms with van der Waals surface area (Å²) in [6, 6.07) is 5.41. The number of nitrogens with zero attached hydrogens (tertiary/aromatic N) is 2. The van der Waals surface area contributed by atoms with Crippen LogP contribution in [0.1, 0.15) is 0 Å². The summed E-state index contributed by atoms with van der Waals surface area (Å²) in [4.78, 5) is 20.3. The van der Waals surface area contributed by atoms with Crippen molar-refractivity contribution in [3.63, 3.8) is 0 Å². The van der Waals surface area contributed by atoms with E-state index in [0.29, 0.717) is 0 Å². The molecule has 0 spiro atoms. The molecule has 6 nitrogen and oxygen atoms in total. The standard InChI is InChI=1S/2C5H6N2O.ClH.Nd/c2*6-5(8)7-3-1-2-4-7;;/h2*1-4H,(H2,6,8);1H;/q;;;+3/p-3. The van der Waals surface area contributed by atoms with Crippen LogP contribution in [0, 0.1) is 40.8 Å². The maximum atomic E-state index is 10.1. The van der Waals surface area contributed by atoms with Gasteiger partial charge < -0.3 is 33.0 Å². The number of rotatable bonds is 0. The van der Waals surface area contributed by atoms with Gasteiger partial charge in [0.05, 0.1) is 0 Å². The van der Waals surface area contributed by atoms with Crippen LogP contribution in [-0.2, 0) is 0 Å². The average molecular weight is 398 g/mol. The fraction of sp³-hybridized carbons (Fsp3) is 0. The molecule has 2 amide bonds. The number of aromatic nitrogens is 2. The van der Waals surface area contributed by atoms with E-state index >= 15 is 0 Å². The van der Waals surface area contributed by atoms with Crippen molar-refractivity contribution in [1.82, 2.24) is 9.13 Å². The van der Waals surface area contributed by atoms with Gasteiger partial charge in [-0.2, -0.15) is 0 Å². The van der Waals surface area contributed by atoms with Crippen molar-refractivity contribution in [2.24, 2.45) is 0 Å². The van der Waals surface area contributed by atoms with Crippen molar-refractivity contribution in [3.8, 4) is 0 Å². The summed E-state index contributed by atoms with van der Waals surface area (Å²) in [5.74, 6) is 0. The van der Waals surface area contributed by atoms with E-state index in [1.165, 1.54) is 33.9 Å². The normalized spacial score (nSPS) is 8.00. The Bertz CT molecular complexity index is 412. The van der Waals surface area contributed by atoms with Gasteiger partial charge in [0.15, 0.2) is 12.1 Å². The molecule has 1 radical (unpaired) electrons. The van der Waals surface area contributed by atoms with Crippen molar-refractivity contribution in [2.75, 3.05) is 0 Å². The Hall–Kier alpha value is -0.859. The Kier molecular flexibility index (Phi) is 10.9. The van der Waals surface area contributed by atoms with Gasteiger partial charge in [0.2, 0.25) is 0 Å². The van der Waals surface area contributed by atoms with E-state index in [4.69, 9.17) is 11.5 Å². The maximum absolute atomic E-state index is 10.1. The monoisotopic (exact) mass is 395 g/mol. The Morgan fingerprint density at radius 1 is 0.722 bits per heavy atom. The van der Waals surface area contributed by atoms with Gasteiger partial charge >= 0.3 is 40.8 Å². The minimum atomic E-state index is -0.699. The predicted molar refractivity (Wildman–Crippen MR) is 59.1 cm³/mol. The van der Waals surface area contributed by atoms with Crippen molar-refractivity contribution in [3.05, 3.63) is 60.5 Å². The number of carbonyl (C=O) groups is 2. The van der Waals surface area contributed by atoms with Crippen LogP contribution in [0.3, 0.4) is 0 Å². The van der Waals surface area contributed by atoms with Crippen LogP contribution in [-0.4, -0.2) is 21.2 Å². The third kappa shape index (κ3) is 6.77. The fourth-order valence-corrected chi connectivity index (χ4v) is 0.940. The van der Waals surface area contributed by atoms with Gasteiger partial charge in [-0.15, -0.1) is 0 Å². The molecule has 8 heteroatoms. The van der Waals surface area contributed by atoms with Crippen molar-refractivity contribution in [2.45, 2.75) is 0 Å². The van der Waals surface area contributed by atoms with Gasteiger partial charge in [0.25, 0.3) is 0 Å². The number of amides is 2. The molecule has 0 aliphatic carbocycles. The van der Waals surface area contributed by atoms with Crippen molar-refractivity contribution in [1.29, 1.82) is 0 Å². The summed E-state index contributed by atoms with van der Waals surface area (Å²) in [7, 11) is 0. The van der Waals surface area contributed by atoms with Gasteiger partial charge in [0, 0.05) is 0 Å². The van der Waals surface area contributed by atoms with E-state index in [1.807, 2.05) is 0 Å². The summed E-state index contributed by atoms with van der Waals surface area (Å²) >= 11 is 0. The molecule has 2 aromatic rings. The largest absolute Gasteiger partial charge is 3.00 e. The van der Waals surface area contributed by atoms with Gasteiger partial charge in [-0.05, 0) is 0 Å². The van der Waals surface area contributed by atoms with Crippen LogP contribution < -0.4 is 12.4 Å². The number of carbonyl (C=O) groups excluding carboxylic acids is 2. The predicted octanol–water partition coefficient (Wildman–Crippen LogP) is 0.0208. The molecule has 0 aromatic carbocycles. The van der Waals surface area contributed by atoms with Crippen LogP contribution in [0.15, 0.2) is 49.1 Å². The molecule has 18 heavy (non-hydrogen) atoms. The summed E-state index contributed by atoms with van der Waals surface area (Å²) in [6.07, 6.45) is 6.15. The minimum absolute atomic E-state index is 0. The second-order valence-electron chi connectivity index (χ2n) is 2.79. The Balaban J connectivity index is 0. The van der Waals surface area contributed by atoms with E-state index in [1.54, 1.807) is 24.3 Å². The zero-order valence-electron chi connectivity index (χ0n) is 9.21. The number of hydrogen-bond acceptors (Lipinski definition) is 2. The van der Waals surface area contributed by atoms with E-state index in [-0.39, 0.29) is 53.2 Å². The molecule has 0 aliphatic rings. The third-order valence-corrected chi connectivity index (χ3v) is 1.68. The molecule has 0 saturated carbocycles. The Morgan fingerprint density at radius 2 is 0.944 bits per heavy atom. The first-order valence-electron chi connectivity index (χ1n) is 4.39. The molecule has 0 fully saturated rings. The molecular formula is C10H10ClN4NdO2. The second-order valence-corrected chi connectivity index (χ2v) is 2.79. The first-order valence-corrected chi connectivity index (χ1v) is 4.39. The summed E-state index contributed by atoms with van der Waals surface area (Å²) in [6.45, 7) is 0. The Morgan fingerprint density at radius 3 is 1.06 bits per heavy atom. The van der Waals surface area contributed by atoms with E-state index < -0.39 is 12.1 Å². The molecular weight excluding hydrogens is 388 g/mol. The molecule has 0 unspecified atom stereocenters. The SMILES string of the molecule is [Cl-].[NH-]C(=O)n1cccc1.[NH-]C(=O)n1cccc1.[Nd+3]. The van der Waals surface area contributed by atoms with Gasteiger partial charge in [-0.25, -0.2) is 0 Å². The van der Waals surface area contributed by atoms with Crippen LogP contribution in [0.2, 0.25) is 0 Å². The Labute approximate surface area is 143 Å². The first kappa shape index (κ1) is 19.5. The third-order valence-electron chi connectivity index (χ3n) is 1.68. The molecule has 2 aromatic heterocycles. The second kappa shape index (κ2) is 10.1. The molecule has 0 bridgehead atoms. The average Bonchev–Trinajstić information content (AvgIpc) is 2.93. The smallest absolute Gasteiger partial charge is 1.00 e. The van der Waals surface area contributed by atoms with Gasteiger partial charge in [0.1, 0.15) is 0 Å². The summed E-state index contributed by atoms with van der Waals surface area (Å²) < 4.78 is 2.39. The minimum Gasteiger partial charge on any atom is -1.00 e. The zero-order chi connectivity index (χ0) is 12.0. The molecule has 2 N–H and O–H groups in total. The molecule has 0 saturated heterocycles. The quantitative estimate of drug-likeness (QED) is 0.627. The van der Waals surface area contributed by atoms with Crippen molar-refractivity contribution >= 4 is 12.1 Å². The fourth-order valence-electron chi connectivity index (χ4n) is 0.940. The number of halogens is 1. The van der Waals surface area contributed by atoms with Crippen molar-refractivity contribution < 1.29 is 62.8 Å². The van der Waals surface area contributed by atoms with Gasteiger partial charge in [-0.1, -0.05) is 49.1 Å². The van der Waals surface area contributed by atoms with Gasteiger partial charge in [-0.3, -0.25) is 9.59 Å². The van der Waals surface area contributed by atoms with E-state index in [9.17, 15) is 9.59 Å². The van der Waals surface area contributed by atoms with Crippen LogP contribution in [0.5, 0.6) is 0 Å². The number of nitrogens with one attached hydrogen (secondary N) is 2. The first-order chi connectivity index (χ1) is 7.61. The molecule has 0 aliphatic heterocycles. The molecule has 0 atom stereocenters. The van der Waals surface area contributed by atoms with E-state index in [2.05, 4.69) is 0 Å². The zero-order valence-corrected chi connectivity index (χ0v) is 13.2.